The molecule has 4 unspecified atom stereocenters. The van der Waals surface area contributed by atoms with Gasteiger partial charge in [0.05, 0.1) is 22.0 Å². The molecular formula is C30H23BrClNO5. The van der Waals surface area contributed by atoms with E-state index in [4.69, 9.17) is 11.6 Å². The van der Waals surface area contributed by atoms with E-state index in [1.54, 1.807) is 38.1 Å². The molecule has 38 heavy (non-hydrogen) atoms. The van der Waals surface area contributed by atoms with Crippen LogP contribution in [-0.4, -0.2) is 28.5 Å². The van der Waals surface area contributed by atoms with Crippen molar-refractivity contribution in [2.45, 2.75) is 32.6 Å². The fraction of sp³-hybridized carbons (Fsp3) is 0.267. The number of anilines is 1. The third kappa shape index (κ3) is 3.59. The molecule has 6 rings (SSSR count). The Balaban J connectivity index is 1.50. The number of aromatic hydroxyl groups is 1. The first-order chi connectivity index (χ1) is 18.1. The van der Waals surface area contributed by atoms with E-state index in [2.05, 4.69) is 15.9 Å². The van der Waals surface area contributed by atoms with E-state index >= 15 is 0 Å². The Hall–Kier alpha value is -3.29. The van der Waals surface area contributed by atoms with Gasteiger partial charge in [-0.15, -0.1) is 0 Å². The number of amides is 2. The Bertz CT molecular complexity index is 1540. The average molecular weight is 593 g/mol. The van der Waals surface area contributed by atoms with Crippen molar-refractivity contribution >= 4 is 56.6 Å². The number of Topliss-reactive ketones (excluding diaryl/α,β-unsaturated/α-hetero) is 1. The number of phenolic OH excluding ortho intramolecular Hbond substituents is 1. The number of aryl methyl sites for hydroxylation is 2. The van der Waals surface area contributed by atoms with Crippen molar-refractivity contribution in [3.63, 3.8) is 0 Å². The smallest absolute Gasteiger partial charge is 0.238 e. The van der Waals surface area contributed by atoms with E-state index in [0.717, 1.165) is 11.1 Å². The van der Waals surface area contributed by atoms with Gasteiger partial charge < -0.3 is 5.11 Å². The summed E-state index contributed by atoms with van der Waals surface area (Å²) in [6.45, 7) is 3.58. The van der Waals surface area contributed by atoms with Gasteiger partial charge in [-0.3, -0.25) is 24.1 Å². The molecule has 192 valence electrons. The summed E-state index contributed by atoms with van der Waals surface area (Å²) in [5.41, 5.74) is 4.23. The maximum Gasteiger partial charge on any atom is 0.238 e. The summed E-state index contributed by atoms with van der Waals surface area (Å²) < 4.78 is 0.189. The van der Waals surface area contributed by atoms with Gasteiger partial charge in [-0.25, -0.2) is 0 Å². The summed E-state index contributed by atoms with van der Waals surface area (Å²) in [5, 5.41) is 10.9. The van der Waals surface area contributed by atoms with Crippen molar-refractivity contribution < 1.29 is 24.3 Å². The van der Waals surface area contributed by atoms with Crippen LogP contribution in [0.25, 0.3) is 0 Å². The molecule has 3 aliphatic carbocycles. The molecule has 0 radical (unpaired) electrons. The number of imide groups is 1. The third-order valence-corrected chi connectivity index (χ3v) is 9.10. The number of hydrogen-bond donors (Lipinski definition) is 1. The lowest BCUT2D eigenvalue weighted by atomic mass is 9.59. The predicted octanol–water partition coefficient (Wildman–Crippen LogP) is 5.63. The lowest BCUT2D eigenvalue weighted by Crippen LogP contribution is -2.39. The summed E-state index contributed by atoms with van der Waals surface area (Å²) in [4.78, 5) is 55.3. The van der Waals surface area contributed by atoms with Gasteiger partial charge in [0.1, 0.15) is 5.75 Å². The minimum atomic E-state index is -0.651. The van der Waals surface area contributed by atoms with Crippen LogP contribution in [0.5, 0.6) is 5.75 Å². The van der Waals surface area contributed by atoms with Crippen LogP contribution in [-0.2, 0) is 19.2 Å². The van der Waals surface area contributed by atoms with E-state index < -0.39 is 23.7 Å². The summed E-state index contributed by atoms with van der Waals surface area (Å²) in [7, 11) is 0. The quantitative estimate of drug-likeness (QED) is 0.277. The Kier molecular flexibility index (Phi) is 5.85. The van der Waals surface area contributed by atoms with Crippen molar-refractivity contribution in [3.05, 3.63) is 91.5 Å². The third-order valence-electron chi connectivity index (χ3n) is 8.26. The highest BCUT2D eigenvalue weighted by atomic mass is 79.9. The van der Waals surface area contributed by atoms with Gasteiger partial charge in [-0.2, -0.15) is 0 Å². The number of benzene rings is 2. The first-order valence-corrected chi connectivity index (χ1v) is 13.6. The second kappa shape index (κ2) is 8.89. The number of rotatable bonds is 2. The highest BCUT2D eigenvalue weighted by Gasteiger charge is 2.56. The summed E-state index contributed by atoms with van der Waals surface area (Å²) in [6.07, 6.45) is 3.87. The second-order valence-corrected chi connectivity index (χ2v) is 11.7. The van der Waals surface area contributed by atoms with Gasteiger partial charge in [0.25, 0.3) is 0 Å². The highest BCUT2D eigenvalue weighted by molar-refractivity contribution is 9.12. The SMILES string of the molecule is Cc1cc(C2C3=CCC4C(=O)N(c5ccc(Cl)cc5)C(=O)C4C3CC3=C2C(=O)C=C(Br)C3=O)cc(C)c1O. The van der Waals surface area contributed by atoms with Gasteiger partial charge in [0.15, 0.2) is 11.6 Å². The normalized spacial score (nSPS) is 26.7. The van der Waals surface area contributed by atoms with Crippen LogP contribution in [0.3, 0.4) is 0 Å². The van der Waals surface area contributed by atoms with Crippen molar-refractivity contribution in [2.75, 3.05) is 4.90 Å². The molecule has 2 amide bonds. The molecule has 1 heterocycles. The van der Waals surface area contributed by atoms with Crippen LogP contribution in [0, 0.1) is 31.6 Å². The van der Waals surface area contributed by atoms with Crippen molar-refractivity contribution in [2.24, 2.45) is 17.8 Å². The van der Waals surface area contributed by atoms with Crippen LogP contribution in [0.1, 0.15) is 35.4 Å². The molecule has 0 spiro atoms. The zero-order chi connectivity index (χ0) is 27.0. The van der Waals surface area contributed by atoms with Crippen molar-refractivity contribution in [1.29, 1.82) is 0 Å². The monoisotopic (exact) mass is 591 g/mol. The number of fused-ring (bicyclic) bond motifs is 3. The van der Waals surface area contributed by atoms with E-state index in [1.165, 1.54) is 11.0 Å². The summed E-state index contributed by atoms with van der Waals surface area (Å²) in [6, 6.07) is 10.3. The molecule has 0 saturated carbocycles. The van der Waals surface area contributed by atoms with Crippen molar-refractivity contribution in [1.82, 2.24) is 0 Å². The number of nitrogens with zero attached hydrogens (tertiary/aromatic N) is 1. The van der Waals surface area contributed by atoms with Gasteiger partial charge in [-0.05, 0) is 89.5 Å². The predicted molar refractivity (Wildman–Crippen MR) is 146 cm³/mol. The fourth-order valence-corrected chi connectivity index (χ4v) is 7.16. The molecule has 2 aromatic rings. The zero-order valence-corrected chi connectivity index (χ0v) is 23.0. The molecule has 1 N–H and O–H groups in total. The lowest BCUT2D eigenvalue weighted by molar-refractivity contribution is -0.123. The van der Waals surface area contributed by atoms with Crippen LogP contribution in [0.4, 0.5) is 5.69 Å². The first-order valence-electron chi connectivity index (χ1n) is 12.4. The molecule has 1 fully saturated rings. The molecule has 0 bridgehead atoms. The highest BCUT2D eigenvalue weighted by Crippen LogP contribution is 2.56. The van der Waals surface area contributed by atoms with Crippen LogP contribution >= 0.6 is 27.5 Å². The average Bonchev–Trinajstić information content (AvgIpc) is 3.14. The molecule has 1 aliphatic heterocycles. The Labute approximate surface area is 232 Å². The van der Waals surface area contributed by atoms with Crippen LogP contribution < -0.4 is 4.90 Å². The maximum atomic E-state index is 13.9. The van der Waals surface area contributed by atoms with Crippen molar-refractivity contribution in [3.8, 4) is 5.75 Å². The number of allylic oxidation sites excluding steroid dienone is 6. The minimum absolute atomic E-state index is 0.178. The second-order valence-electron chi connectivity index (χ2n) is 10.4. The molecule has 1 saturated heterocycles. The first kappa shape index (κ1) is 25.0. The zero-order valence-electron chi connectivity index (χ0n) is 20.6. The van der Waals surface area contributed by atoms with E-state index in [0.29, 0.717) is 39.4 Å². The Morgan fingerprint density at radius 2 is 1.63 bits per heavy atom. The molecule has 6 nitrogen and oxygen atoms in total. The van der Waals surface area contributed by atoms with Crippen LogP contribution in [0.2, 0.25) is 5.02 Å². The number of phenols is 1. The van der Waals surface area contributed by atoms with Crippen LogP contribution in [0.15, 0.2) is 69.8 Å². The summed E-state index contributed by atoms with van der Waals surface area (Å²) in [5.74, 6) is -3.09. The topological polar surface area (TPSA) is 91.8 Å². The van der Waals surface area contributed by atoms with E-state index in [-0.39, 0.29) is 40.0 Å². The molecular weight excluding hydrogens is 570 g/mol. The minimum Gasteiger partial charge on any atom is -0.507 e. The standard InChI is InChI=1S/C30H23BrClNO5/c1-13-9-15(10-14(2)27(13)35)24-18-7-8-19-25(20(18)11-21-26(24)23(34)12-22(31)28(21)36)30(38)33(29(19)37)17-5-3-16(32)4-6-17/h3-7,9-10,12,19-20,24-25,35H,8,11H2,1-2H3. The fourth-order valence-electron chi connectivity index (χ4n) is 6.59. The van der Waals surface area contributed by atoms with Gasteiger partial charge in [0.2, 0.25) is 11.8 Å². The summed E-state index contributed by atoms with van der Waals surface area (Å²) >= 11 is 9.27. The maximum absolute atomic E-state index is 13.9. The Morgan fingerprint density at radius 3 is 2.29 bits per heavy atom. The van der Waals surface area contributed by atoms with E-state index in [9.17, 15) is 24.3 Å². The molecule has 0 aromatic heterocycles. The van der Waals surface area contributed by atoms with Gasteiger partial charge in [0, 0.05) is 28.2 Å². The molecule has 8 heteroatoms. The lowest BCUT2D eigenvalue weighted by Gasteiger charge is -2.42. The number of carbonyl (C=O) groups is 4. The molecule has 4 aliphatic rings. The van der Waals surface area contributed by atoms with Gasteiger partial charge >= 0.3 is 0 Å². The van der Waals surface area contributed by atoms with Gasteiger partial charge in [-0.1, -0.05) is 35.4 Å². The molecule has 2 aromatic carbocycles. The molecule has 4 atom stereocenters. The largest absolute Gasteiger partial charge is 0.507 e. The number of hydrogen-bond acceptors (Lipinski definition) is 5. The number of halogens is 2. The Morgan fingerprint density at radius 1 is 0.974 bits per heavy atom. The van der Waals surface area contributed by atoms with E-state index in [1.807, 2.05) is 18.2 Å². The number of carbonyl (C=O) groups excluding carboxylic acids is 4. The number of ketones is 2.